The van der Waals surface area contributed by atoms with Crippen LogP contribution in [0, 0.1) is 10.1 Å². The van der Waals surface area contributed by atoms with Crippen molar-refractivity contribution in [2.45, 2.75) is 45.4 Å². The molecule has 6 nitrogen and oxygen atoms in total. The maximum atomic E-state index is 12.3. The molecular weight excluding hydrogens is 344 g/mol. The Morgan fingerprint density at radius 1 is 1.15 bits per heavy atom. The standard InChI is InChI=1S/C21H24N2O4/c1-16-6-4-5-13-22(16)14-18-7-2-3-8-19(18)15-27-21(24)17-9-11-20(12-10-17)23(25)26/h2-3,7-12,16H,4-6,13-15H2,1H3/t16-/m0/s1. The SMILES string of the molecule is C[C@H]1CCCCN1Cc1ccccc1COC(=O)c1ccc([N+](=O)[O-])cc1. The van der Waals surface area contributed by atoms with Gasteiger partial charge in [0.1, 0.15) is 6.61 Å². The number of ether oxygens (including phenoxy) is 1. The van der Waals surface area contributed by atoms with E-state index in [1.54, 1.807) is 0 Å². The molecule has 2 aromatic carbocycles. The third kappa shape index (κ3) is 4.92. The summed E-state index contributed by atoms with van der Waals surface area (Å²) in [5, 5.41) is 10.7. The number of rotatable bonds is 6. The van der Waals surface area contributed by atoms with Gasteiger partial charge in [-0.2, -0.15) is 0 Å². The summed E-state index contributed by atoms with van der Waals surface area (Å²) >= 11 is 0. The number of piperidine rings is 1. The summed E-state index contributed by atoms with van der Waals surface area (Å²) in [5.74, 6) is -0.481. The summed E-state index contributed by atoms with van der Waals surface area (Å²) in [4.78, 5) is 24.9. The second kappa shape index (κ2) is 8.77. The lowest BCUT2D eigenvalue weighted by atomic mass is 10.0. The van der Waals surface area contributed by atoms with Gasteiger partial charge in [-0.3, -0.25) is 15.0 Å². The normalized spacial score (nSPS) is 17.4. The van der Waals surface area contributed by atoms with E-state index in [-0.39, 0.29) is 12.3 Å². The van der Waals surface area contributed by atoms with Gasteiger partial charge in [-0.1, -0.05) is 30.7 Å². The van der Waals surface area contributed by atoms with Crippen molar-refractivity contribution in [1.29, 1.82) is 0 Å². The van der Waals surface area contributed by atoms with Crippen LogP contribution in [0.4, 0.5) is 5.69 Å². The summed E-state index contributed by atoms with van der Waals surface area (Å²) in [6.07, 6.45) is 3.73. The second-order valence-electron chi connectivity index (χ2n) is 6.96. The molecule has 0 N–H and O–H groups in total. The van der Waals surface area contributed by atoms with Gasteiger partial charge in [0.15, 0.2) is 0 Å². The Kier molecular flexibility index (Phi) is 6.19. The van der Waals surface area contributed by atoms with Crippen molar-refractivity contribution in [3.8, 4) is 0 Å². The van der Waals surface area contributed by atoms with Crippen molar-refractivity contribution in [1.82, 2.24) is 4.90 Å². The number of nitrogens with zero attached hydrogens (tertiary/aromatic N) is 2. The van der Waals surface area contributed by atoms with Crippen LogP contribution in [-0.4, -0.2) is 28.4 Å². The monoisotopic (exact) mass is 368 g/mol. The zero-order chi connectivity index (χ0) is 19.2. The maximum absolute atomic E-state index is 12.3. The van der Waals surface area contributed by atoms with E-state index in [1.807, 2.05) is 18.2 Å². The smallest absolute Gasteiger partial charge is 0.338 e. The molecule has 2 aromatic rings. The van der Waals surface area contributed by atoms with Crippen LogP contribution in [-0.2, 0) is 17.9 Å². The van der Waals surface area contributed by atoms with Crippen molar-refractivity contribution in [3.05, 3.63) is 75.3 Å². The minimum Gasteiger partial charge on any atom is -0.457 e. The third-order valence-electron chi connectivity index (χ3n) is 5.10. The van der Waals surface area contributed by atoms with E-state index in [1.165, 1.54) is 49.1 Å². The molecule has 1 fully saturated rings. The van der Waals surface area contributed by atoms with Gasteiger partial charge in [0, 0.05) is 24.7 Å². The van der Waals surface area contributed by atoms with Crippen molar-refractivity contribution in [3.63, 3.8) is 0 Å². The average Bonchev–Trinajstić information content (AvgIpc) is 2.69. The maximum Gasteiger partial charge on any atom is 0.338 e. The first kappa shape index (κ1) is 19.0. The number of benzene rings is 2. The van der Waals surface area contributed by atoms with Crippen LogP contribution in [0.2, 0.25) is 0 Å². The van der Waals surface area contributed by atoms with Gasteiger partial charge in [0.2, 0.25) is 0 Å². The molecular formula is C21H24N2O4. The lowest BCUT2D eigenvalue weighted by molar-refractivity contribution is -0.384. The zero-order valence-electron chi connectivity index (χ0n) is 15.5. The highest BCUT2D eigenvalue weighted by atomic mass is 16.6. The average molecular weight is 368 g/mol. The predicted molar refractivity (Wildman–Crippen MR) is 102 cm³/mol. The fraction of sp³-hybridized carbons (Fsp3) is 0.381. The van der Waals surface area contributed by atoms with E-state index in [0.717, 1.165) is 18.7 Å². The summed E-state index contributed by atoms with van der Waals surface area (Å²) in [7, 11) is 0. The van der Waals surface area contributed by atoms with E-state index < -0.39 is 10.9 Å². The molecule has 0 spiro atoms. The van der Waals surface area contributed by atoms with Crippen LogP contribution in [0.25, 0.3) is 0 Å². The summed E-state index contributed by atoms with van der Waals surface area (Å²) < 4.78 is 5.44. The number of hydrogen-bond acceptors (Lipinski definition) is 5. The lowest BCUT2D eigenvalue weighted by Gasteiger charge is -2.33. The second-order valence-corrected chi connectivity index (χ2v) is 6.96. The predicted octanol–water partition coefficient (Wildman–Crippen LogP) is 4.33. The minimum atomic E-state index is -0.493. The molecule has 142 valence electrons. The van der Waals surface area contributed by atoms with Crippen LogP contribution >= 0.6 is 0 Å². The van der Waals surface area contributed by atoms with Crippen molar-refractivity contribution < 1.29 is 14.5 Å². The fourth-order valence-electron chi connectivity index (χ4n) is 3.41. The first-order chi connectivity index (χ1) is 13.0. The van der Waals surface area contributed by atoms with Gasteiger partial charge in [0.25, 0.3) is 5.69 Å². The van der Waals surface area contributed by atoms with Crippen LogP contribution in [0.3, 0.4) is 0 Å². The van der Waals surface area contributed by atoms with Gasteiger partial charge in [-0.05, 0) is 49.6 Å². The molecule has 0 amide bonds. The van der Waals surface area contributed by atoms with E-state index in [4.69, 9.17) is 4.74 Å². The van der Waals surface area contributed by atoms with E-state index >= 15 is 0 Å². The number of hydrogen-bond donors (Lipinski definition) is 0. The Hall–Kier alpha value is -2.73. The number of nitro benzene ring substituents is 1. The Balaban J connectivity index is 1.63. The first-order valence-electron chi connectivity index (χ1n) is 9.27. The van der Waals surface area contributed by atoms with Gasteiger partial charge >= 0.3 is 5.97 Å². The highest BCUT2D eigenvalue weighted by Gasteiger charge is 2.19. The number of non-ortho nitro benzene ring substituents is 1. The van der Waals surface area contributed by atoms with E-state index in [0.29, 0.717) is 11.6 Å². The fourth-order valence-corrected chi connectivity index (χ4v) is 3.41. The largest absolute Gasteiger partial charge is 0.457 e. The molecule has 0 bridgehead atoms. The van der Waals surface area contributed by atoms with Gasteiger partial charge in [0.05, 0.1) is 10.5 Å². The first-order valence-corrected chi connectivity index (χ1v) is 9.27. The number of carbonyl (C=O) groups excluding carboxylic acids is 1. The molecule has 27 heavy (non-hydrogen) atoms. The molecule has 0 radical (unpaired) electrons. The summed E-state index contributed by atoms with van der Waals surface area (Å²) in [6, 6.07) is 14.0. The molecule has 1 heterocycles. The number of carbonyl (C=O) groups is 1. The number of esters is 1. The topological polar surface area (TPSA) is 72.7 Å². The molecule has 0 aromatic heterocycles. The lowest BCUT2D eigenvalue weighted by Crippen LogP contribution is -2.37. The van der Waals surface area contributed by atoms with Crippen LogP contribution in [0.5, 0.6) is 0 Å². The Morgan fingerprint density at radius 3 is 2.52 bits per heavy atom. The third-order valence-corrected chi connectivity index (χ3v) is 5.10. The molecule has 1 saturated heterocycles. The highest BCUT2D eigenvalue weighted by Crippen LogP contribution is 2.21. The van der Waals surface area contributed by atoms with Crippen molar-refractivity contribution in [2.24, 2.45) is 0 Å². The summed E-state index contributed by atoms with van der Waals surface area (Å²) in [5.41, 5.74) is 2.42. The molecule has 1 atom stereocenters. The Labute approximate surface area is 158 Å². The molecule has 0 aliphatic carbocycles. The Morgan fingerprint density at radius 2 is 1.85 bits per heavy atom. The van der Waals surface area contributed by atoms with Gasteiger partial charge < -0.3 is 4.74 Å². The van der Waals surface area contributed by atoms with Crippen molar-refractivity contribution in [2.75, 3.05) is 6.54 Å². The number of likely N-dealkylation sites (tertiary alicyclic amines) is 1. The van der Waals surface area contributed by atoms with E-state index in [2.05, 4.69) is 17.9 Å². The molecule has 0 saturated carbocycles. The molecule has 6 heteroatoms. The molecule has 3 rings (SSSR count). The van der Waals surface area contributed by atoms with Crippen LogP contribution in [0.1, 0.15) is 47.7 Å². The van der Waals surface area contributed by atoms with Gasteiger partial charge in [-0.15, -0.1) is 0 Å². The van der Waals surface area contributed by atoms with Gasteiger partial charge in [-0.25, -0.2) is 4.79 Å². The van der Waals surface area contributed by atoms with Crippen LogP contribution < -0.4 is 0 Å². The number of nitro groups is 1. The van der Waals surface area contributed by atoms with Crippen molar-refractivity contribution >= 4 is 11.7 Å². The molecule has 0 unspecified atom stereocenters. The quantitative estimate of drug-likeness (QED) is 0.431. The molecule has 1 aliphatic rings. The zero-order valence-corrected chi connectivity index (χ0v) is 15.5. The minimum absolute atomic E-state index is 0.0486. The molecule has 1 aliphatic heterocycles. The Bertz CT molecular complexity index is 804. The summed E-state index contributed by atoms with van der Waals surface area (Å²) in [6.45, 7) is 4.40. The van der Waals surface area contributed by atoms with E-state index in [9.17, 15) is 14.9 Å². The van der Waals surface area contributed by atoms with Crippen LogP contribution in [0.15, 0.2) is 48.5 Å². The highest BCUT2D eigenvalue weighted by molar-refractivity contribution is 5.89.